The lowest BCUT2D eigenvalue weighted by atomic mass is 9.96. The lowest BCUT2D eigenvalue weighted by molar-refractivity contribution is 0.967. The lowest BCUT2D eigenvalue weighted by Crippen LogP contribution is -2.07. The highest BCUT2D eigenvalue weighted by Crippen LogP contribution is 2.44. The van der Waals surface area contributed by atoms with E-state index in [2.05, 4.69) is 153 Å². The maximum absolute atomic E-state index is 10.8. The molecular formula is C50H31N5. The molecular weight excluding hydrogens is 671 g/mol. The van der Waals surface area contributed by atoms with Crippen LogP contribution < -0.4 is 0 Å². The average Bonchev–Trinajstić information content (AvgIpc) is 3.89. The monoisotopic (exact) mass is 701 g/mol. The summed E-state index contributed by atoms with van der Waals surface area (Å²) < 4.78 is 6.86. The number of hydrogen-bond acceptors (Lipinski definition) is 2. The molecule has 0 fully saturated rings. The van der Waals surface area contributed by atoms with Gasteiger partial charge in [-0.1, -0.05) is 103 Å². The molecule has 0 aliphatic heterocycles. The summed E-state index contributed by atoms with van der Waals surface area (Å²) in [5, 5.41) is 26.9. The second kappa shape index (κ2) is 12.0. The van der Waals surface area contributed by atoms with Crippen molar-refractivity contribution < 1.29 is 0 Å². The van der Waals surface area contributed by atoms with Crippen molar-refractivity contribution in [3.63, 3.8) is 0 Å². The number of benzene rings is 7. The Bertz CT molecular complexity index is 3280. The third-order valence-corrected chi connectivity index (χ3v) is 11.4. The lowest BCUT2D eigenvalue weighted by Gasteiger charge is -2.19. The Morgan fingerprint density at radius 3 is 1.91 bits per heavy atom. The zero-order valence-electron chi connectivity index (χ0n) is 29.7. The Morgan fingerprint density at radius 1 is 0.509 bits per heavy atom. The number of aromatic nitrogens is 3. The second-order valence-corrected chi connectivity index (χ2v) is 14.2. The molecule has 5 heteroatoms. The molecule has 0 amide bonds. The van der Waals surface area contributed by atoms with E-state index in [0.29, 0.717) is 16.8 Å². The quantitative estimate of drug-likeness (QED) is 0.183. The zero-order valence-corrected chi connectivity index (χ0v) is 29.7. The largest absolute Gasteiger partial charge is 0.310 e. The van der Waals surface area contributed by atoms with Crippen LogP contribution in [0.2, 0.25) is 0 Å². The van der Waals surface area contributed by atoms with Gasteiger partial charge in [-0.2, -0.15) is 10.5 Å². The minimum Gasteiger partial charge on any atom is -0.310 e. The first kappa shape index (κ1) is 31.0. The predicted octanol–water partition coefficient (Wildman–Crippen LogP) is 12.2. The number of hydrogen-bond donors (Lipinski definition) is 0. The van der Waals surface area contributed by atoms with E-state index in [1.807, 2.05) is 30.3 Å². The van der Waals surface area contributed by atoms with E-state index in [1.165, 1.54) is 22.2 Å². The summed E-state index contributed by atoms with van der Waals surface area (Å²) in [6, 6.07) is 57.8. The maximum atomic E-state index is 10.8. The summed E-state index contributed by atoms with van der Waals surface area (Å²) in [5.41, 5.74) is 13.5. The van der Waals surface area contributed by atoms with Gasteiger partial charge >= 0.3 is 0 Å². The van der Waals surface area contributed by atoms with E-state index >= 15 is 0 Å². The molecule has 1 aliphatic carbocycles. The van der Waals surface area contributed by atoms with Gasteiger partial charge in [-0.15, -0.1) is 0 Å². The van der Waals surface area contributed by atoms with E-state index in [0.717, 1.165) is 79.0 Å². The van der Waals surface area contributed by atoms with Gasteiger partial charge in [0.2, 0.25) is 0 Å². The van der Waals surface area contributed by atoms with Gasteiger partial charge in [-0.25, -0.2) is 0 Å². The van der Waals surface area contributed by atoms with Crippen LogP contribution in [0.25, 0.3) is 88.8 Å². The van der Waals surface area contributed by atoms with Crippen LogP contribution in [0.5, 0.6) is 0 Å². The first-order chi connectivity index (χ1) is 27.2. The molecule has 5 nitrogen and oxygen atoms in total. The molecule has 256 valence electrons. The molecule has 0 atom stereocenters. The van der Waals surface area contributed by atoms with Gasteiger partial charge < -0.3 is 13.7 Å². The summed E-state index contributed by atoms with van der Waals surface area (Å²) in [6.45, 7) is 0. The number of allylic oxidation sites excluding steroid dienone is 1. The highest BCUT2D eigenvalue weighted by atomic mass is 15.1. The number of nitriles is 2. The Morgan fingerprint density at radius 2 is 1.18 bits per heavy atom. The third kappa shape index (κ3) is 4.39. The molecule has 1 aliphatic rings. The Kier molecular flexibility index (Phi) is 6.74. The fourth-order valence-electron chi connectivity index (χ4n) is 9.13. The van der Waals surface area contributed by atoms with E-state index in [1.54, 1.807) is 6.07 Å². The van der Waals surface area contributed by atoms with Crippen LogP contribution in [0.3, 0.4) is 0 Å². The summed E-state index contributed by atoms with van der Waals surface area (Å²) in [5.74, 6) is 0. The predicted molar refractivity (Wildman–Crippen MR) is 224 cm³/mol. The number of fused-ring (bicyclic) bond motifs is 9. The topological polar surface area (TPSA) is 62.4 Å². The molecule has 0 unspecified atom stereocenters. The van der Waals surface area contributed by atoms with Crippen molar-refractivity contribution in [3.8, 4) is 40.3 Å². The molecule has 0 bridgehead atoms. The third-order valence-electron chi connectivity index (χ3n) is 11.4. The number of aryl methyl sites for hydroxylation is 1. The zero-order chi connectivity index (χ0) is 36.6. The van der Waals surface area contributed by atoms with Gasteiger partial charge in [-0.05, 0) is 90.2 Å². The molecule has 3 heterocycles. The normalized spacial score (nSPS) is 12.5. The van der Waals surface area contributed by atoms with Crippen LogP contribution in [0.4, 0.5) is 0 Å². The number of rotatable bonds is 4. The highest BCUT2D eigenvalue weighted by Gasteiger charge is 2.25. The summed E-state index contributed by atoms with van der Waals surface area (Å²) in [6.07, 6.45) is 6.63. The van der Waals surface area contributed by atoms with Crippen molar-refractivity contribution in [3.05, 3.63) is 180 Å². The van der Waals surface area contributed by atoms with Gasteiger partial charge in [0.25, 0.3) is 0 Å². The molecule has 11 rings (SSSR count). The van der Waals surface area contributed by atoms with Crippen LogP contribution in [0.1, 0.15) is 28.8 Å². The average molecular weight is 702 g/mol. The van der Waals surface area contributed by atoms with Gasteiger partial charge in [0.15, 0.2) is 0 Å². The SMILES string of the molecule is N#Cc1ccc(-n2c3ccccc3c3c(-c4ccc5c6c(n(-c7ccccc7)c5c4)C=CCC6)cccc32)c(-n2c3ccccc3c3ccccc32)c1C#N. The molecule has 55 heavy (non-hydrogen) atoms. The highest BCUT2D eigenvalue weighted by molar-refractivity contribution is 6.17. The van der Waals surface area contributed by atoms with Crippen molar-refractivity contribution in [1.82, 2.24) is 13.7 Å². The molecule has 0 radical (unpaired) electrons. The minimum atomic E-state index is 0.344. The van der Waals surface area contributed by atoms with Crippen LogP contribution in [-0.4, -0.2) is 13.7 Å². The molecule has 10 aromatic rings. The van der Waals surface area contributed by atoms with E-state index in [4.69, 9.17) is 0 Å². The summed E-state index contributed by atoms with van der Waals surface area (Å²) >= 11 is 0. The van der Waals surface area contributed by atoms with Gasteiger partial charge in [-0.3, -0.25) is 0 Å². The number of nitrogens with zero attached hydrogens (tertiary/aromatic N) is 5. The van der Waals surface area contributed by atoms with Crippen LogP contribution in [0.15, 0.2) is 158 Å². The van der Waals surface area contributed by atoms with E-state index in [9.17, 15) is 10.5 Å². The molecule has 0 spiro atoms. The molecule has 0 saturated carbocycles. The fraction of sp³-hybridized carbons (Fsp3) is 0.0400. The van der Waals surface area contributed by atoms with Crippen molar-refractivity contribution in [1.29, 1.82) is 10.5 Å². The Labute approximate surface area is 317 Å². The van der Waals surface area contributed by atoms with E-state index in [-0.39, 0.29) is 0 Å². The van der Waals surface area contributed by atoms with Crippen LogP contribution in [0, 0.1) is 22.7 Å². The summed E-state index contributed by atoms with van der Waals surface area (Å²) in [4.78, 5) is 0. The molecule has 7 aromatic carbocycles. The van der Waals surface area contributed by atoms with Crippen molar-refractivity contribution in [2.24, 2.45) is 0 Å². The molecule has 3 aromatic heterocycles. The maximum Gasteiger partial charge on any atom is 0.103 e. The first-order valence-corrected chi connectivity index (χ1v) is 18.6. The smallest absolute Gasteiger partial charge is 0.103 e. The fourth-order valence-corrected chi connectivity index (χ4v) is 9.13. The Hall–Kier alpha value is -7.60. The van der Waals surface area contributed by atoms with E-state index < -0.39 is 0 Å². The van der Waals surface area contributed by atoms with Gasteiger partial charge in [0, 0.05) is 38.3 Å². The van der Waals surface area contributed by atoms with Crippen molar-refractivity contribution in [2.75, 3.05) is 0 Å². The molecule has 0 N–H and O–H groups in total. The second-order valence-electron chi connectivity index (χ2n) is 14.2. The molecule has 0 saturated heterocycles. The standard InChI is InChI=1S/C50H31N5/c51-30-33-26-28-47(50(41(33)31-52)55-43-21-9-5-15-36(43)37-16-6-10-22-44(37)55)54-45-23-11-7-18-40(45)49-35(19-12-24-46(49)54)32-25-27-39-38-17-4-8-20-42(38)53(48(39)29-32)34-13-2-1-3-14-34/h1-3,5-16,18-29H,4,17H2. The van der Waals surface area contributed by atoms with Crippen LogP contribution in [-0.2, 0) is 6.42 Å². The van der Waals surface area contributed by atoms with Crippen molar-refractivity contribution in [2.45, 2.75) is 12.8 Å². The Balaban J connectivity index is 1.23. The van der Waals surface area contributed by atoms with Crippen LogP contribution >= 0.6 is 0 Å². The van der Waals surface area contributed by atoms with Gasteiger partial charge in [0.05, 0.1) is 50.1 Å². The van der Waals surface area contributed by atoms with Gasteiger partial charge in [0.1, 0.15) is 12.1 Å². The van der Waals surface area contributed by atoms with Crippen molar-refractivity contribution >= 4 is 60.6 Å². The summed E-state index contributed by atoms with van der Waals surface area (Å²) in [7, 11) is 0. The number of para-hydroxylation sites is 4. The first-order valence-electron chi connectivity index (χ1n) is 18.6. The minimum absolute atomic E-state index is 0.344.